The summed E-state index contributed by atoms with van der Waals surface area (Å²) in [7, 11) is 0. The molecule has 1 aromatic rings. The Kier molecular flexibility index (Phi) is 5.21. The molecule has 0 spiro atoms. The van der Waals surface area contributed by atoms with Gasteiger partial charge in [-0.2, -0.15) is 0 Å². The van der Waals surface area contributed by atoms with Crippen molar-refractivity contribution in [3.8, 4) is 0 Å². The molecule has 0 unspecified atom stereocenters. The van der Waals surface area contributed by atoms with Gasteiger partial charge in [0.05, 0.1) is 0 Å². The van der Waals surface area contributed by atoms with Crippen molar-refractivity contribution in [1.29, 1.82) is 0 Å². The van der Waals surface area contributed by atoms with Crippen LogP contribution in [-0.4, -0.2) is 37.1 Å². The summed E-state index contributed by atoms with van der Waals surface area (Å²) in [6.45, 7) is 9.28. The predicted molar refractivity (Wildman–Crippen MR) is 78.0 cm³/mol. The molecule has 2 nitrogen and oxygen atoms in total. The van der Waals surface area contributed by atoms with Crippen LogP contribution in [0.15, 0.2) is 30.3 Å². The Bertz CT molecular complexity index is 336. The average molecular weight is 246 g/mol. The summed E-state index contributed by atoms with van der Waals surface area (Å²) in [6.07, 6.45) is 2.73. The Morgan fingerprint density at radius 1 is 1.33 bits per heavy atom. The van der Waals surface area contributed by atoms with E-state index in [0.29, 0.717) is 5.92 Å². The van der Waals surface area contributed by atoms with Gasteiger partial charge < -0.3 is 5.32 Å². The molecule has 18 heavy (non-hydrogen) atoms. The first-order valence-corrected chi connectivity index (χ1v) is 7.31. The van der Waals surface area contributed by atoms with Crippen LogP contribution in [0.2, 0.25) is 0 Å². The topological polar surface area (TPSA) is 15.3 Å². The highest BCUT2D eigenvalue weighted by molar-refractivity contribution is 5.18. The maximum absolute atomic E-state index is 3.65. The minimum atomic E-state index is 0.600. The first-order valence-electron chi connectivity index (χ1n) is 7.31. The number of likely N-dealkylation sites (N-methyl/N-ethyl adjacent to an activating group) is 1. The number of hydrogen-bond acceptors (Lipinski definition) is 2. The van der Waals surface area contributed by atoms with Gasteiger partial charge in [0.1, 0.15) is 0 Å². The first-order chi connectivity index (χ1) is 8.81. The molecule has 2 heteroatoms. The lowest BCUT2D eigenvalue weighted by molar-refractivity contribution is 0.259. The van der Waals surface area contributed by atoms with E-state index in [0.717, 1.165) is 19.1 Å². The highest BCUT2D eigenvalue weighted by Gasteiger charge is 2.22. The lowest BCUT2D eigenvalue weighted by Crippen LogP contribution is -2.38. The molecule has 2 rings (SSSR count). The van der Waals surface area contributed by atoms with Crippen molar-refractivity contribution in [2.75, 3.05) is 26.2 Å². The fourth-order valence-corrected chi connectivity index (χ4v) is 2.91. The fraction of sp³-hybridized carbons (Fsp3) is 0.625. The quantitative estimate of drug-likeness (QED) is 0.830. The Morgan fingerprint density at radius 2 is 2.11 bits per heavy atom. The Balaban J connectivity index is 1.72. The molecule has 0 aromatic heterocycles. The van der Waals surface area contributed by atoms with Crippen LogP contribution >= 0.6 is 0 Å². The van der Waals surface area contributed by atoms with E-state index in [1.807, 2.05) is 0 Å². The molecule has 1 heterocycles. The highest BCUT2D eigenvalue weighted by Crippen LogP contribution is 2.16. The second kappa shape index (κ2) is 6.91. The number of nitrogens with one attached hydrogen (secondary N) is 1. The van der Waals surface area contributed by atoms with Gasteiger partial charge in [-0.1, -0.05) is 44.2 Å². The van der Waals surface area contributed by atoms with Crippen molar-refractivity contribution < 1.29 is 0 Å². The summed E-state index contributed by atoms with van der Waals surface area (Å²) in [5, 5.41) is 3.65. The van der Waals surface area contributed by atoms with Crippen LogP contribution in [0.4, 0.5) is 0 Å². The number of rotatable bonds is 6. The van der Waals surface area contributed by atoms with Gasteiger partial charge in [-0.3, -0.25) is 4.90 Å². The maximum Gasteiger partial charge on any atom is 0.0221 e. The first kappa shape index (κ1) is 13.6. The van der Waals surface area contributed by atoms with Crippen LogP contribution < -0.4 is 5.32 Å². The van der Waals surface area contributed by atoms with E-state index in [2.05, 4.69) is 54.4 Å². The van der Waals surface area contributed by atoms with Crippen molar-refractivity contribution in [1.82, 2.24) is 10.2 Å². The molecule has 100 valence electrons. The van der Waals surface area contributed by atoms with Gasteiger partial charge in [-0.25, -0.2) is 0 Å². The van der Waals surface area contributed by atoms with Crippen LogP contribution in [0.25, 0.3) is 0 Å². The van der Waals surface area contributed by atoms with Gasteiger partial charge in [0.25, 0.3) is 0 Å². The molecule has 1 fully saturated rings. The summed E-state index contributed by atoms with van der Waals surface area (Å²) >= 11 is 0. The fourth-order valence-electron chi connectivity index (χ4n) is 2.91. The minimum absolute atomic E-state index is 0.600. The van der Waals surface area contributed by atoms with Crippen LogP contribution in [0.5, 0.6) is 0 Å². The van der Waals surface area contributed by atoms with Crippen molar-refractivity contribution in [3.63, 3.8) is 0 Å². The Morgan fingerprint density at radius 3 is 2.83 bits per heavy atom. The van der Waals surface area contributed by atoms with Gasteiger partial charge in [0.15, 0.2) is 0 Å². The summed E-state index contributed by atoms with van der Waals surface area (Å²) in [6, 6.07) is 11.5. The van der Waals surface area contributed by atoms with E-state index >= 15 is 0 Å². The van der Waals surface area contributed by atoms with E-state index in [1.54, 1.807) is 0 Å². The largest absolute Gasteiger partial charge is 0.315 e. The Hall–Kier alpha value is -0.860. The molecular weight excluding hydrogens is 220 g/mol. The molecule has 2 atom stereocenters. The van der Waals surface area contributed by atoms with Crippen LogP contribution in [-0.2, 0) is 0 Å². The predicted octanol–water partition coefficient (Wildman–Crippen LogP) is 2.86. The SMILES string of the molecule is CCN1CCC[C@H]1CNC[C@H](C)c1ccccc1. The van der Waals surface area contributed by atoms with E-state index in [-0.39, 0.29) is 0 Å². The number of likely N-dealkylation sites (tertiary alicyclic amines) is 1. The van der Waals surface area contributed by atoms with Gasteiger partial charge in [-0.15, -0.1) is 0 Å². The minimum Gasteiger partial charge on any atom is -0.315 e. The van der Waals surface area contributed by atoms with Crippen molar-refractivity contribution in [2.45, 2.75) is 38.6 Å². The summed E-state index contributed by atoms with van der Waals surface area (Å²) in [4.78, 5) is 2.60. The number of benzene rings is 1. The van der Waals surface area contributed by atoms with E-state index < -0.39 is 0 Å². The zero-order valence-electron chi connectivity index (χ0n) is 11.7. The van der Waals surface area contributed by atoms with E-state index in [4.69, 9.17) is 0 Å². The molecule has 0 radical (unpaired) electrons. The van der Waals surface area contributed by atoms with Gasteiger partial charge in [0.2, 0.25) is 0 Å². The van der Waals surface area contributed by atoms with Crippen LogP contribution in [0, 0.1) is 0 Å². The lowest BCUT2D eigenvalue weighted by Gasteiger charge is -2.24. The molecule has 1 N–H and O–H groups in total. The third-order valence-electron chi connectivity index (χ3n) is 4.10. The molecule has 1 aliphatic heterocycles. The number of nitrogens with zero attached hydrogens (tertiary/aromatic N) is 1. The third kappa shape index (κ3) is 3.56. The van der Waals surface area contributed by atoms with Gasteiger partial charge in [0, 0.05) is 19.1 Å². The zero-order valence-corrected chi connectivity index (χ0v) is 11.7. The molecule has 0 saturated carbocycles. The molecule has 1 aromatic carbocycles. The zero-order chi connectivity index (χ0) is 12.8. The standard InChI is InChI=1S/C16H26N2/c1-3-18-11-7-10-16(18)13-17-12-14(2)15-8-5-4-6-9-15/h4-6,8-9,14,16-17H,3,7,10-13H2,1-2H3/t14-,16-/m0/s1. The van der Waals surface area contributed by atoms with Crippen molar-refractivity contribution >= 4 is 0 Å². The van der Waals surface area contributed by atoms with E-state index in [1.165, 1.54) is 31.5 Å². The smallest absolute Gasteiger partial charge is 0.0221 e. The molecule has 1 aliphatic rings. The molecule has 0 bridgehead atoms. The summed E-state index contributed by atoms with van der Waals surface area (Å²) in [5.41, 5.74) is 1.43. The lowest BCUT2D eigenvalue weighted by atomic mass is 10.0. The molecular formula is C16H26N2. The monoisotopic (exact) mass is 246 g/mol. The summed E-state index contributed by atoms with van der Waals surface area (Å²) in [5.74, 6) is 0.600. The second-order valence-electron chi connectivity index (χ2n) is 5.39. The van der Waals surface area contributed by atoms with Crippen LogP contribution in [0.1, 0.15) is 38.2 Å². The molecule has 0 amide bonds. The van der Waals surface area contributed by atoms with Crippen LogP contribution in [0.3, 0.4) is 0 Å². The summed E-state index contributed by atoms with van der Waals surface area (Å²) < 4.78 is 0. The van der Waals surface area contributed by atoms with Gasteiger partial charge in [-0.05, 0) is 37.4 Å². The normalized spacial score (nSPS) is 22.2. The second-order valence-corrected chi connectivity index (χ2v) is 5.39. The average Bonchev–Trinajstić information content (AvgIpc) is 2.87. The highest BCUT2D eigenvalue weighted by atomic mass is 15.2. The Labute approximate surface area is 111 Å². The van der Waals surface area contributed by atoms with Gasteiger partial charge >= 0.3 is 0 Å². The maximum atomic E-state index is 3.65. The molecule has 1 saturated heterocycles. The van der Waals surface area contributed by atoms with E-state index in [9.17, 15) is 0 Å². The number of hydrogen-bond donors (Lipinski definition) is 1. The third-order valence-corrected chi connectivity index (χ3v) is 4.10. The molecule has 0 aliphatic carbocycles. The van der Waals surface area contributed by atoms with Crippen molar-refractivity contribution in [3.05, 3.63) is 35.9 Å². The van der Waals surface area contributed by atoms with Crippen molar-refractivity contribution in [2.24, 2.45) is 0 Å².